The molecule has 1 aromatic rings. The van der Waals surface area contributed by atoms with Gasteiger partial charge in [0.15, 0.2) is 0 Å². The summed E-state index contributed by atoms with van der Waals surface area (Å²) in [7, 11) is 4.97. The number of benzene rings is 1. The molecule has 0 spiro atoms. The van der Waals surface area contributed by atoms with E-state index in [4.69, 9.17) is 19.9 Å². The maximum atomic E-state index is 5.96. The predicted octanol–water partition coefficient (Wildman–Crippen LogP) is 2.16. The summed E-state index contributed by atoms with van der Waals surface area (Å²) in [6.07, 6.45) is 1.09. The van der Waals surface area contributed by atoms with E-state index in [1.165, 1.54) is 0 Å². The summed E-state index contributed by atoms with van der Waals surface area (Å²) in [6.45, 7) is 2.05. The van der Waals surface area contributed by atoms with Gasteiger partial charge in [-0.3, -0.25) is 0 Å². The van der Waals surface area contributed by atoms with Crippen LogP contribution in [0.25, 0.3) is 0 Å². The average molecular weight is 251 g/mol. The van der Waals surface area contributed by atoms with Crippen LogP contribution in [0, 0.1) is 5.92 Å². The third-order valence-corrected chi connectivity index (χ3v) is 3.64. The van der Waals surface area contributed by atoms with Gasteiger partial charge in [-0.25, -0.2) is 0 Å². The van der Waals surface area contributed by atoms with Gasteiger partial charge in [0, 0.05) is 23.7 Å². The van der Waals surface area contributed by atoms with Crippen LogP contribution in [0.1, 0.15) is 24.8 Å². The smallest absolute Gasteiger partial charge is 0.129 e. The lowest BCUT2D eigenvalue weighted by Gasteiger charge is -2.15. The lowest BCUT2D eigenvalue weighted by molar-refractivity contribution is 0.367. The average Bonchev–Trinajstić information content (AvgIpc) is 3.17. The Balaban J connectivity index is 2.39. The van der Waals surface area contributed by atoms with Crippen molar-refractivity contribution in [2.45, 2.75) is 25.3 Å². The van der Waals surface area contributed by atoms with Crippen LogP contribution >= 0.6 is 0 Å². The Hall–Kier alpha value is -1.42. The highest BCUT2D eigenvalue weighted by molar-refractivity contribution is 5.54. The fourth-order valence-corrected chi connectivity index (χ4v) is 2.53. The van der Waals surface area contributed by atoms with E-state index >= 15 is 0 Å². The molecule has 1 aromatic carbocycles. The molecule has 0 bridgehead atoms. The third-order valence-electron chi connectivity index (χ3n) is 3.64. The molecule has 0 aliphatic heterocycles. The molecule has 0 radical (unpaired) electrons. The predicted molar refractivity (Wildman–Crippen MR) is 70.6 cm³/mol. The van der Waals surface area contributed by atoms with Gasteiger partial charge in [0.2, 0.25) is 0 Å². The van der Waals surface area contributed by atoms with Crippen molar-refractivity contribution < 1.29 is 14.2 Å². The second-order valence-electron chi connectivity index (χ2n) is 4.81. The summed E-state index contributed by atoms with van der Waals surface area (Å²) >= 11 is 0. The number of hydrogen-bond donors (Lipinski definition) is 1. The van der Waals surface area contributed by atoms with Crippen molar-refractivity contribution in [3.63, 3.8) is 0 Å². The number of rotatable bonds is 5. The molecule has 0 saturated heterocycles. The molecule has 0 heterocycles. The molecule has 1 aliphatic carbocycles. The lowest BCUT2D eigenvalue weighted by Crippen LogP contribution is -2.18. The molecule has 2 N–H and O–H groups in total. The van der Waals surface area contributed by atoms with E-state index in [1.807, 2.05) is 19.1 Å². The molecule has 0 amide bonds. The normalized spacial score (nSPS) is 23.4. The van der Waals surface area contributed by atoms with Gasteiger partial charge >= 0.3 is 0 Å². The van der Waals surface area contributed by atoms with E-state index in [2.05, 4.69) is 0 Å². The Labute approximate surface area is 108 Å². The van der Waals surface area contributed by atoms with Gasteiger partial charge in [0.25, 0.3) is 0 Å². The minimum absolute atomic E-state index is 0.200. The van der Waals surface area contributed by atoms with Gasteiger partial charge in [-0.15, -0.1) is 0 Å². The van der Waals surface area contributed by atoms with Crippen molar-refractivity contribution in [1.29, 1.82) is 0 Å². The summed E-state index contributed by atoms with van der Waals surface area (Å²) in [4.78, 5) is 0. The van der Waals surface area contributed by atoms with Crippen molar-refractivity contribution in [1.82, 2.24) is 0 Å². The molecule has 4 heteroatoms. The van der Waals surface area contributed by atoms with Crippen LogP contribution in [-0.2, 0) is 0 Å². The van der Waals surface area contributed by atoms with Crippen LogP contribution in [-0.4, -0.2) is 27.4 Å². The van der Waals surface area contributed by atoms with Crippen LogP contribution in [0.2, 0.25) is 0 Å². The number of nitrogens with two attached hydrogens (primary N) is 1. The topological polar surface area (TPSA) is 53.7 Å². The molecule has 1 fully saturated rings. The van der Waals surface area contributed by atoms with Gasteiger partial charge in [-0.2, -0.15) is 0 Å². The largest absolute Gasteiger partial charge is 0.496 e. The van der Waals surface area contributed by atoms with E-state index in [-0.39, 0.29) is 6.04 Å². The summed E-state index contributed by atoms with van der Waals surface area (Å²) in [5.41, 5.74) is 7.07. The molecule has 3 atom stereocenters. The quantitative estimate of drug-likeness (QED) is 0.871. The molecule has 4 nitrogen and oxygen atoms in total. The van der Waals surface area contributed by atoms with Crippen LogP contribution in [0.4, 0.5) is 0 Å². The van der Waals surface area contributed by atoms with Gasteiger partial charge in [-0.1, -0.05) is 0 Å². The van der Waals surface area contributed by atoms with Crippen molar-refractivity contribution in [3.05, 3.63) is 17.7 Å². The number of hydrogen-bond acceptors (Lipinski definition) is 4. The summed E-state index contributed by atoms with van der Waals surface area (Å²) in [5.74, 6) is 3.33. The molecule has 100 valence electrons. The molecule has 18 heavy (non-hydrogen) atoms. The first-order chi connectivity index (χ1) is 8.62. The standard InChI is InChI=1S/C14H21NO3/c1-8(15)10-7-11(10)14-12(17-3)5-9(16-2)6-13(14)18-4/h5-6,8,10-11H,7,15H2,1-4H3/t8-,10+,11+/m1/s1. The van der Waals surface area contributed by atoms with E-state index in [0.29, 0.717) is 11.8 Å². The van der Waals surface area contributed by atoms with E-state index in [1.54, 1.807) is 21.3 Å². The summed E-state index contributed by atoms with van der Waals surface area (Å²) in [6, 6.07) is 3.99. The van der Waals surface area contributed by atoms with Gasteiger partial charge in [0.1, 0.15) is 17.2 Å². The fraction of sp³-hybridized carbons (Fsp3) is 0.571. The molecule has 2 rings (SSSR count). The van der Waals surface area contributed by atoms with Gasteiger partial charge in [-0.05, 0) is 25.2 Å². The van der Waals surface area contributed by atoms with Crippen LogP contribution in [0.15, 0.2) is 12.1 Å². The summed E-state index contributed by atoms with van der Waals surface area (Å²) in [5, 5.41) is 0. The van der Waals surface area contributed by atoms with Crippen LogP contribution in [0.3, 0.4) is 0 Å². The fourth-order valence-electron chi connectivity index (χ4n) is 2.53. The SMILES string of the molecule is COc1cc(OC)c([C@H]2C[C@H]2[C@@H](C)N)c(OC)c1. The highest BCUT2D eigenvalue weighted by Gasteiger charge is 2.44. The Kier molecular flexibility index (Phi) is 3.66. The summed E-state index contributed by atoms with van der Waals surface area (Å²) < 4.78 is 16.2. The maximum absolute atomic E-state index is 5.96. The van der Waals surface area contributed by atoms with Crippen molar-refractivity contribution in [3.8, 4) is 17.2 Å². The molecule has 1 aliphatic rings. The monoisotopic (exact) mass is 251 g/mol. The zero-order chi connectivity index (χ0) is 13.3. The first kappa shape index (κ1) is 13.0. The van der Waals surface area contributed by atoms with Crippen LogP contribution in [0.5, 0.6) is 17.2 Å². The Bertz CT molecular complexity index is 406. The van der Waals surface area contributed by atoms with Crippen LogP contribution < -0.4 is 19.9 Å². The highest BCUT2D eigenvalue weighted by atomic mass is 16.5. The molecule has 1 saturated carbocycles. The van der Waals surface area contributed by atoms with Crippen molar-refractivity contribution in [2.24, 2.45) is 11.7 Å². The molecular weight excluding hydrogens is 230 g/mol. The van der Waals surface area contributed by atoms with E-state index in [9.17, 15) is 0 Å². The Morgan fingerprint density at radius 1 is 1.11 bits per heavy atom. The number of ether oxygens (including phenoxy) is 3. The lowest BCUT2D eigenvalue weighted by atomic mass is 10.0. The Morgan fingerprint density at radius 3 is 2.00 bits per heavy atom. The molecular formula is C14H21NO3. The van der Waals surface area contributed by atoms with Gasteiger partial charge in [0.05, 0.1) is 21.3 Å². The zero-order valence-electron chi connectivity index (χ0n) is 11.4. The maximum Gasteiger partial charge on any atom is 0.129 e. The second kappa shape index (κ2) is 5.06. The first-order valence-electron chi connectivity index (χ1n) is 6.17. The van der Waals surface area contributed by atoms with E-state index < -0.39 is 0 Å². The third kappa shape index (κ3) is 2.25. The minimum Gasteiger partial charge on any atom is -0.496 e. The van der Waals surface area contributed by atoms with Crippen molar-refractivity contribution in [2.75, 3.05) is 21.3 Å². The van der Waals surface area contributed by atoms with Crippen molar-refractivity contribution >= 4 is 0 Å². The van der Waals surface area contributed by atoms with E-state index in [0.717, 1.165) is 29.2 Å². The highest BCUT2D eigenvalue weighted by Crippen LogP contribution is 2.55. The van der Waals surface area contributed by atoms with Gasteiger partial charge < -0.3 is 19.9 Å². The minimum atomic E-state index is 0.200. The zero-order valence-corrected chi connectivity index (χ0v) is 11.4. The number of methoxy groups -OCH3 is 3. The molecule has 0 unspecified atom stereocenters. The molecule has 0 aromatic heterocycles. The second-order valence-corrected chi connectivity index (χ2v) is 4.81. The first-order valence-corrected chi connectivity index (χ1v) is 6.17. The Morgan fingerprint density at radius 2 is 1.67 bits per heavy atom.